The molecule has 0 unspecified atom stereocenters. The normalized spacial score (nSPS) is 15.2. The van der Waals surface area contributed by atoms with Crippen molar-refractivity contribution in [3.05, 3.63) is 59.3 Å². The van der Waals surface area contributed by atoms with Gasteiger partial charge in [-0.2, -0.15) is 13.2 Å². The summed E-state index contributed by atoms with van der Waals surface area (Å²) in [4.78, 5) is 31.7. The number of urea groups is 1. The number of amides is 2. The number of aryl methyl sites for hydroxylation is 1. The highest BCUT2D eigenvalue weighted by Crippen LogP contribution is 2.34. The van der Waals surface area contributed by atoms with E-state index in [0.717, 1.165) is 23.6 Å². The van der Waals surface area contributed by atoms with E-state index in [1.54, 1.807) is 11.9 Å². The van der Waals surface area contributed by atoms with Crippen molar-refractivity contribution >= 4 is 17.8 Å². The van der Waals surface area contributed by atoms with Crippen LogP contribution in [-0.4, -0.2) is 58.6 Å². The fourth-order valence-electron chi connectivity index (χ4n) is 3.80. The first-order valence-corrected chi connectivity index (χ1v) is 10.3. The summed E-state index contributed by atoms with van der Waals surface area (Å²) in [6.45, 7) is 1.08. The minimum absolute atomic E-state index is 0.158. The Morgan fingerprint density at radius 2 is 1.97 bits per heavy atom. The molecular weight excluding hydrogens is 425 g/mol. The summed E-state index contributed by atoms with van der Waals surface area (Å²) in [5.41, 5.74) is 0.170. The highest BCUT2D eigenvalue weighted by atomic mass is 19.4. The van der Waals surface area contributed by atoms with Gasteiger partial charge in [0.05, 0.1) is 18.0 Å². The first-order valence-electron chi connectivity index (χ1n) is 10.3. The lowest BCUT2D eigenvalue weighted by atomic mass is 10.00. The Hall–Kier alpha value is -3.30. The summed E-state index contributed by atoms with van der Waals surface area (Å²) < 4.78 is 39.4. The molecule has 0 bridgehead atoms. The number of halogens is 3. The maximum atomic E-state index is 13.1. The molecule has 1 aromatic carbocycles. The molecule has 1 aliphatic rings. The van der Waals surface area contributed by atoms with Gasteiger partial charge < -0.3 is 20.2 Å². The van der Waals surface area contributed by atoms with Crippen LogP contribution in [0.15, 0.2) is 42.5 Å². The predicted octanol–water partition coefficient (Wildman–Crippen LogP) is 4.03. The number of pyridine rings is 1. The highest BCUT2D eigenvalue weighted by Gasteiger charge is 2.37. The van der Waals surface area contributed by atoms with Crippen molar-refractivity contribution in [3.8, 4) is 0 Å². The third-order valence-electron chi connectivity index (χ3n) is 5.39. The Kier molecular flexibility index (Phi) is 7.22. The Labute approximate surface area is 183 Å². The van der Waals surface area contributed by atoms with Crippen LogP contribution in [0.4, 0.5) is 23.8 Å². The number of benzene rings is 1. The van der Waals surface area contributed by atoms with Crippen LogP contribution in [0.5, 0.6) is 0 Å². The Morgan fingerprint density at radius 3 is 2.66 bits per heavy atom. The zero-order valence-corrected chi connectivity index (χ0v) is 17.6. The molecule has 3 rings (SSSR count). The van der Waals surface area contributed by atoms with Crippen molar-refractivity contribution < 1.29 is 27.9 Å². The first kappa shape index (κ1) is 23.4. The number of rotatable bonds is 9. The molecule has 172 valence electrons. The highest BCUT2D eigenvalue weighted by molar-refractivity contribution is 5.78. The molecule has 0 spiro atoms. The second kappa shape index (κ2) is 9.88. The number of aliphatic carboxylic acids is 1. The summed E-state index contributed by atoms with van der Waals surface area (Å²) in [6.07, 6.45) is -3.70. The van der Waals surface area contributed by atoms with Crippen molar-refractivity contribution in [1.29, 1.82) is 0 Å². The lowest BCUT2D eigenvalue weighted by Crippen LogP contribution is -2.36. The van der Waals surface area contributed by atoms with Crippen LogP contribution in [0.25, 0.3) is 0 Å². The summed E-state index contributed by atoms with van der Waals surface area (Å²) in [7, 11) is 1.78. The van der Waals surface area contributed by atoms with Crippen LogP contribution in [0.2, 0.25) is 0 Å². The number of aromatic nitrogens is 1. The van der Waals surface area contributed by atoms with Crippen molar-refractivity contribution in [2.45, 2.75) is 31.5 Å². The first-order chi connectivity index (χ1) is 15.2. The number of carboxylic acids is 1. The summed E-state index contributed by atoms with van der Waals surface area (Å²) in [5, 5.41) is 12.3. The lowest BCUT2D eigenvalue weighted by molar-refractivity contribution is -0.138. The second-order valence-corrected chi connectivity index (χ2v) is 7.57. The van der Waals surface area contributed by atoms with E-state index in [9.17, 15) is 27.9 Å². The molecule has 0 saturated carbocycles. The third-order valence-corrected chi connectivity index (χ3v) is 5.39. The minimum atomic E-state index is -4.55. The zero-order valence-electron chi connectivity index (χ0n) is 17.6. The Bertz CT molecular complexity index is 967. The van der Waals surface area contributed by atoms with E-state index in [1.807, 2.05) is 18.2 Å². The van der Waals surface area contributed by atoms with E-state index in [2.05, 4.69) is 10.3 Å². The van der Waals surface area contributed by atoms with Gasteiger partial charge in [-0.25, -0.2) is 9.78 Å². The van der Waals surface area contributed by atoms with Crippen LogP contribution in [0, 0.1) is 0 Å². The number of carbonyl (C=O) groups excluding carboxylic acids is 1. The fourth-order valence-corrected chi connectivity index (χ4v) is 3.80. The van der Waals surface area contributed by atoms with Gasteiger partial charge in [0, 0.05) is 32.4 Å². The van der Waals surface area contributed by atoms with Gasteiger partial charge in [-0.1, -0.05) is 18.2 Å². The van der Waals surface area contributed by atoms with Crippen LogP contribution in [0.1, 0.15) is 35.7 Å². The standard InChI is InChI=1S/C22H25F3N4O3/c1-26-19-9-3-7-17(27-19)8-4-10-28-11-12-29(21(28)32)18(14-20(30)31)15-5-2-6-16(13-15)22(23,24)25/h2-3,5-7,9,13,18H,4,8,10-12,14H2,1H3,(H,26,27)(H,30,31)/t18-/m0/s1. The average Bonchev–Trinajstić information content (AvgIpc) is 3.11. The van der Waals surface area contributed by atoms with Crippen LogP contribution in [0.3, 0.4) is 0 Å². The molecule has 1 fully saturated rings. The Balaban J connectivity index is 1.68. The molecule has 32 heavy (non-hydrogen) atoms. The summed E-state index contributed by atoms with van der Waals surface area (Å²) in [6, 6.07) is 8.81. The van der Waals surface area contributed by atoms with Gasteiger partial charge >= 0.3 is 18.2 Å². The second-order valence-electron chi connectivity index (χ2n) is 7.57. The van der Waals surface area contributed by atoms with E-state index in [-0.39, 0.29) is 18.1 Å². The quantitative estimate of drug-likeness (QED) is 0.603. The fraction of sp³-hybridized carbons (Fsp3) is 0.409. The van der Waals surface area contributed by atoms with Crippen molar-refractivity contribution in [2.75, 3.05) is 32.0 Å². The van der Waals surface area contributed by atoms with E-state index in [1.165, 1.54) is 17.0 Å². The molecule has 2 N–H and O–H groups in total. The van der Waals surface area contributed by atoms with E-state index < -0.39 is 30.2 Å². The number of anilines is 1. The molecule has 1 aromatic heterocycles. The van der Waals surface area contributed by atoms with Crippen molar-refractivity contribution in [3.63, 3.8) is 0 Å². The zero-order chi connectivity index (χ0) is 23.3. The Morgan fingerprint density at radius 1 is 1.22 bits per heavy atom. The van der Waals surface area contributed by atoms with Gasteiger partial charge in [0.1, 0.15) is 5.82 Å². The van der Waals surface area contributed by atoms with Gasteiger partial charge in [-0.3, -0.25) is 4.79 Å². The number of nitrogens with zero attached hydrogens (tertiary/aromatic N) is 3. The van der Waals surface area contributed by atoms with Gasteiger partial charge in [-0.05, 0) is 42.7 Å². The number of hydrogen-bond donors (Lipinski definition) is 2. The largest absolute Gasteiger partial charge is 0.481 e. The van der Waals surface area contributed by atoms with E-state index in [0.29, 0.717) is 25.9 Å². The molecule has 2 amide bonds. The molecule has 1 atom stereocenters. The lowest BCUT2D eigenvalue weighted by Gasteiger charge is -2.28. The van der Waals surface area contributed by atoms with E-state index in [4.69, 9.17) is 0 Å². The molecule has 2 heterocycles. The maximum absolute atomic E-state index is 13.1. The van der Waals surface area contributed by atoms with Gasteiger partial charge in [-0.15, -0.1) is 0 Å². The van der Waals surface area contributed by atoms with Crippen LogP contribution < -0.4 is 5.32 Å². The van der Waals surface area contributed by atoms with Crippen molar-refractivity contribution in [1.82, 2.24) is 14.8 Å². The molecule has 0 radical (unpaired) electrons. The summed E-state index contributed by atoms with van der Waals surface area (Å²) in [5.74, 6) is -0.433. The monoisotopic (exact) mass is 450 g/mol. The number of nitrogens with one attached hydrogen (secondary N) is 1. The molecule has 2 aromatic rings. The molecule has 0 aliphatic carbocycles. The smallest absolute Gasteiger partial charge is 0.416 e. The number of carbonyl (C=O) groups is 2. The number of alkyl halides is 3. The molecule has 10 heteroatoms. The average molecular weight is 450 g/mol. The number of hydrogen-bond acceptors (Lipinski definition) is 4. The van der Waals surface area contributed by atoms with Gasteiger partial charge in [0.15, 0.2) is 0 Å². The topological polar surface area (TPSA) is 85.8 Å². The minimum Gasteiger partial charge on any atom is -0.481 e. The van der Waals surface area contributed by atoms with E-state index >= 15 is 0 Å². The van der Waals surface area contributed by atoms with Crippen LogP contribution in [-0.2, 0) is 17.4 Å². The molecule has 7 nitrogen and oxygen atoms in total. The molecule has 1 saturated heterocycles. The SMILES string of the molecule is CNc1cccc(CCCN2CCN([C@@H](CC(=O)O)c3cccc(C(F)(F)F)c3)C2=O)n1. The predicted molar refractivity (Wildman–Crippen MR) is 112 cm³/mol. The van der Waals surface area contributed by atoms with Crippen LogP contribution >= 0.6 is 0 Å². The van der Waals surface area contributed by atoms with Gasteiger partial charge in [0.2, 0.25) is 0 Å². The van der Waals surface area contributed by atoms with Gasteiger partial charge in [0.25, 0.3) is 0 Å². The third kappa shape index (κ3) is 5.68. The van der Waals surface area contributed by atoms with Crippen molar-refractivity contribution in [2.24, 2.45) is 0 Å². The maximum Gasteiger partial charge on any atom is 0.416 e. The molecule has 1 aliphatic heterocycles. The summed E-state index contributed by atoms with van der Waals surface area (Å²) >= 11 is 0. The molecular formula is C22H25F3N4O3. The number of carboxylic acid groups (broad SMARTS) is 1.